The third-order valence-corrected chi connectivity index (χ3v) is 4.12. The summed E-state index contributed by atoms with van der Waals surface area (Å²) in [5, 5.41) is 13.7. The molecule has 120 valence electrons. The standard InChI is InChI=1S/C19H16ClN3O/c20-16-7-5-14(6-8-16)9-10-22-19(24)13-23-12-15(11-21)17-3-1-2-4-18(17)23/h1-8,12H,9-10,13H2,(H,22,24). The van der Waals surface area contributed by atoms with Gasteiger partial charge in [-0.1, -0.05) is 41.9 Å². The lowest BCUT2D eigenvalue weighted by molar-refractivity contribution is -0.121. The topological polar surface area (TPSA) is 57.8 Å². The number of halogens is 1. The summed E-state index contributed by atoms with van der Waals surface area (Å²) in [4.78, 5) is 12.2. The van der Waals surface area contributed by atoms with Crippen LogP contribution in [0.1, 0.15) is 11.1 Å². The number of para-hydroxylation sites is 1. The second-order valence-corrected chi connectivity index (χ2v) is 5.96. The molecule has 3 aromatic rings. The van der Waals surface area contributed by atoms with Crippen molar-refractivity contribution in [3.63, 3.8) is 0 Å². The van der Waals surface area contributed by atoms with E-state index in [0.717, 1.165) is 22.9 Å². The number of nitrogens with zero attached hydrogens (tertiary/aromatic N) is 2. The van der Waals surface area contributed by atoms with E-state index in [1.165, 1.54) is 0 Å². The van der Waals surface area contributed by atoms with Crippen LogP contribution in [0.2, 0.25) is 5.02 Å². The molecule has 0 saturated heterocycles. The number of aromatic nitrogens is 1. The fraction of sp³-hybridized carbons (Fsp3) is 0.158. The first kappa shape index (κ1) is 16.1. The molecule has 1 heterocycles. The van der Waals surface area contributed by atoms with Crippen molar-refractivity contribution >= 4 is 28.4 Å². The Morgan fingerprint density at radius 2 is 1.92 bits per heavy atom. The quantitative estimate of drug-likeness (QED) is 0.774. The lowest BCUT2D eigenvalue weighted by atomic mass is 10.1. The molecule has 5 heteroatoms. The molecule has 0 unspecified atom stereocenters. The van der Waals surface area contributed by atoms with Gasteiger partial charge in [0.1, 0.15) is 12.6 Å². The van der Waals surface area contributed by atoms with E-state index in [9.17, 15) is 10.1 Å². The van der Waals surface area contributed by atoms with Crippen LogP contribution in [-0.2, 0) is 17.8 Å². The number of rotatable bonds is 5. The summed E-state index contributed by atoms with van der Waals surface area (Å²) in [5.74, 6) is -0.0748. The van der Waals surface area contributed by atoms with Gasteiger partial charge in [-0.15, -0.1) is 0 Å². The molecule has 4 nitrogen and oxygen atoms in total. The summed E-state index contributed by atoms with van der Waals surface area (Å²) in [6.45, 7) is 0.758. The van der Waals surface area contributed by atoms with Gasteiger partial charge in [0, 0.05) is 28.7 Å². The number of carbonyl (C=O) groups is 1. The maximum atomic E-state index is 12.2. The van der Waals surface area contributed by atoms with Gasteiger partial charge in [-0.2, -0.15) is 5.26 Å². The fourth-order valence-corrected chi connectivity index (χ4v) is 2.80. The second-order valence-electron chi connectivity index (χ2n) is 5.53. The van der Waals surface area contributed by atoms with Crippen molar-refractivity contribution in [1.29, 1.82) is 5.26 Å². The van der Waals surface area contributed by atoms with E-state index in [1.54, 1.807) is 6.20 Å². The first-order valence-corrected chi connectivity index (χ1v) is 8.04. The van der Waals surface area contributed by atoms with Gasteiger partial charge >= 0.3 is 0 Å². The number of fused-ring (bicyclic) bond motifs is 1. The Morgan fingerprint density at radius 1 is 1.17 bits per heavy atom. The van der Waals surface area contributed by atoms with Crippen LogP contribution in [0, 0.1) is 11.3 Å². The van der Waals surface area contributed by atoms with Crippen molar-refractivity contribution in [3.8, 4) is 6.07 Å². The fourth-order valence-electron chi connectivity index (χ4n) is 2.67. The highest BCUT2D eigenvalue weighted by molar-refractivity contribution is 6.30. The Labute approximate surface area is 145 Å². The van der Waals surface area contributed by atoms with Crippen molar-refractivity contribution in [2.45, 2.75) is 13.0 Å². The third kappa shape index (κ3) is 3.58. The molecule has 0 atom stereocenters. The van der Waals surface area contributed by atoms with E-state index >= 15 is 0 Å². The lowest BCUT2D eigenvalue weighted by Crippen LogP contribution is -2.29. The summed E-state index contributed by atoms with van der Waals surface area (Å²) in [6, 6.07) is 17.4. The molecule has 0 aliphatic carbocycles. The van der Waals surface area contributed by atoms with Crippen LogP contribution in [0.15, 0.2) is 54.7 Å². The minimum Gasteiger partial charge on any atom is -0.354 e. The smallest absolute Gasteiger partial charge is 0.239 e. The summed E-state index contributed by atoms with van der Waals surface area (Å²) in [6.07, 6.45) is 2.47. The number of hydrogen-bond acceptors (Lipinski definition) is 2. The molecule has 3 rings (SSSR count). The van der Waals surface area contributed by atoms with Crippen molar-refractivity contribution in [1.82, 2.24) is 9.88 Å². The molecule has 0 saturated carbocycles. The molecular weight excluding hydrogens is 322 g/mol. The third-order valence-electron chi connectivity index (χ3n) is 3.87. The molecule has 0 bridgehead atoms. The monoisotopic (exact) mass is 337 g/mol. The Balaban J connectivity index is 1.61. The highest BCUT2D eigenvalue weighted by atomic mass is 35.5. The average Bonchev–Trinajstić information content (AvgIpc) is 2.95. The largest absolute Gasteiger partial charge is 0.354 e. The molecule has 1 amide bonds. The molecular formula is C19H16ClN3O. The van der Waals surface area contributed by atoms with E-state index < -0.39 is 0 Å². The van der Waals surface area contributed by atoms with Gasteiger partial charge in [-0.25, -0.2) is 0 Å². The number of nitriles is 1. The van der Waals surface area contributed by atoms with Crippen molar-refractivity contribution < 1.29 is 4.79 Å². The molecule has 1 N–H and O–H groups in total. The van der Waals surface area contributed by atoms with Crippen LogP contribution in [0.5, 0.6) is 0 Å². The van der Waals surface area contributed by atoms with Gasteiger partial charge in [-0.3, -0.25) is 4.79 Å². The first-order valence-electron chi connectivity index (χ1n) is 7.66. The number of benzene rings is 2. The molecule has 2 aromatic carbocycles. The maximum absolute atomic E-state index is 12.2. The number of hydrogen-bond donors (Lipinski definition) is 1. The van der Waals surface area contributed by atoms with Crippen LogP contribution in [-0.4, -0.2) is 17.0 Å². The van der Waals surface area contributed by atoms with E-state index in [4.69, 9.17) is 11.6 Å². The maximum Gasteiger partial charge on any atom is 0.239 e. The normalized spacial score (nSPS) is 10.5. The van der Waals surface area contributed by atoms with Crippen LogP contribution in [0.3, 0.4) is 0 Å². The van der Waals surface area contributed by atoms with Crippen LogP contribution < -0.4 is 5.32 Å². The number of carbonyl (C=O) groups excluding carboxylic acids is 1. The zero-order valence-corrected chi connectivity index (χ0v) is 13.8. The van der Waals surface area contributed by atoms with E-state index in [-0.39, 0.29) is 12.5 Å². The van der Waals surface area contributed by atoms with Gasteiger partial charge in [-0.05, 0) is 30.2 Å². The summed E-state index contributed by atoms with van der Waals surface area (Å²) in [5.41, 5.74) is 2.60. The molecule has 0 radical (unpaired) electrons. The molecule has 0 aliphatic rings. The van der Waals surface area contributed by atoms with Crippen molar-refractivity contribution in [2.75, 3.05) is 6.54 Å². The molecule has 0 aliphatic heterocycles. The Kier molecular flexibility index (Phi) is 4.83. The summed E-state index contributed by atoms with van der Waals surface area (Å²) < 4.78 is 1.81. The number of amides is 1. The van der Waals surface area contributed by atoms with Crippen LogP contribution in [0.25, 0.3) is 10.9 Å². The minimum absolute atomic E-state index is 0.0748. The predicted molar refractivity (Wildman–Crippen MR) is 94.8 cm³/mol. The Morgan fingerprint density at radius 3 is 2.67 bits per heavy atom. The zero-order chi connectivity index (χ0) is 16.9. The SMILES string of the molecule is N#Cc1cn(CC(=O)NCCc2ccc(Cl)cc2)c2ccccc12. The Bertz CT molecular complexity index is 907. The van der Waals surface area contributed by atoms with Gasteiger partial charge in [0.2, 0.25) is 5.91 Å². The first-order chi connectivity index (χ1) is 11.7. The summed E-state index contributed by atoms with van der Waals surface area (Å²) >= 11 is 5.85. The highest BCUT2D eigenvalue weighted by Crippen LogP contribution is 2.20. The van der Waals surface area contributed by atoms with Gasteiger partial charge in [0.25, 0.3) is 0 Å². The van der Waals surface area contributed by atoms with E-state index in [1.807, 2.05) is 53.1 Å². The Hall–Kier alpha value is -2.77. The van der Waals surface area contributed by atoms with Gasteiger partial charge in [0.05, 0.1) is 5.56 Å². The number of nitrogens with one attached hydrogen (secondary N) is 1. The molecule has 1 aromatic heterocycles. The van der Waals surface area contributed by atoms with Crippen molar-refractivity contribution in [2.24, 2.45) is 0 Å². The molecule has 24 heavy (non-hydrogen) atoms. The average molecular weight is 338 g/mol. The minimum atomic E-state index is -0.0748. The second kappa shape index (κ2) is 7.20. The van der Waals surface area contributed by atoms with Crippen LogP contribution >= 0.6 is 11.6 Å². The predicted octanol–water partition coefficient (Wildman–Crippen LogP) is 3.53. The molecule has 0 fully saturated rings. The van der Waals surface area contributed by atoms with Gasteiger partial charge < -0.3 is 9.88 Å². The van der Waals surface area contributed by atoms with Gasteiger partial charge in [0.15, 0.2) is 0 Å². The van der Waals surface area contributed by atoms with E-state index in [2.05, 4.69) is 11.4 Å². The van der Waals surface area contributed by atoms with E-state index in [0.29, 0.717) is 17.1 Å². The lowest BCUT2D eigenvalue weighted by Gasteiger charge is -2.07. The highest BCUT2D eigenvalue weighted by Gasteiger charge is 2.10. The van der Waals surface area contributed by atoms with Crippen molar-refractivity contribution in [3.05, 3.63) is 70.9 Å². The molecule has 0 spiro atoms. The zero-order valence-electron chi connectivity index (χ0n) is 13.0. The summed E-state index contributed by atoms with van der Waals surface area (Å²) in [7, 11) is 0. The van der Waals surface area contributed by atoms with Crippen LogP contribution in [0.4, 0.5) is 0 Å².